The van der Waals surface area contributed by atoms with Gasteiger partial charge in [-0.05, 0) is 103 Å². The van der Waals surface area contributed by atoms with E-state index in [0.29, 0.717) is 19.3 Å². The normalized spacial score (nSPS) is 12.4. The molecule has 6 nitrogen and oxygen atoms in total. The van der Waals surface area contributed by atoms with Gasteiger partial charge < -0.3 is 14.2 Å². The Bertz CT molecular complexity index is 1430. The first-order valence-electron chi connectivity index (χ1n) is 35.3. The van der Waals surface area contributed by atoms with Gasteiger partial charge in [0.1, 0.15) is 13.2 Å². The van der Waals surface area contributed by atoms with Crippen molar-refractivity contribution in [2.75, 3.05) is 13.2 Å². The van der Waals surface area contributed by atoms with Crippen LogP contribution in [0, 0.1) is 0 Å². The molecule has 0 aliphatic heterocycles. The number of hydrogen-bond acceptors (Lipinski definition) is 6. The molecule has 0 radical (unpaired) electrons. The highest BCUT2D eigenvalue weighted by molar-refractivity contribution is 5.71. The number of hydrogen-bond donors (Lipinski definition) is 0. The third kappa shape index (κ3) is 65.9. The van der Waals surface area contributed by atoms with Crippen LogP contribution in [0.2, 0.25) is 0 Å². The SMILES string of the molecule is CCC/C=C\CCCCCCCC(=O)OCC(COC(=O)CCCCCCCCCCCCCCCCCCCCC/C=C\C/C=C\CCCCCCC)OC(=O)CCCCCCCCCCC/C=C\C/C=C\CCCCCCC. The lowest BCUT2D eigenvalue weighted by molar-refractivity contribution is -0.167. The Hall–Kier alpha value is -2.89. The standard InChI is InChI=1S/C74H134O6/c1-4-7-10-13-16-19-22-24-26-28-30-32-33-34-35-36-37-38-39-40-41-43-44-46-48-50-52-55-58-61-64-67-73(76)79-70-71(69-78-72(75)66-63-60-57-54-21-18-15-12-9-6-3)80-74(77)68-65-62-59-56-53-51-49-47-45-42-31-29-27-25-23-20-17-14-11-8-5-2/h12,15,22-25,28-31,71H,4-11,13-14,16-21,26-27,32-70H2,1-3H3/b15-12-,24-22-,25-23-,30-28-,31-29-. The summed E-state index contributed by atoms with van der Waals surface area (Å²) >= 11 is 0. The van der Waals surface area contributed by atoms with Crippen molar-refractivity contribution in [2.24, 2.45) is 0 Å². The summed E-state index contributed by atoms with van der Waals surface area (Å²) < 4.78 is 16.9. The van der Waals surface area contributed by atoms with Gasteiger partial charge in [0, 0.05) is 19.3 Å². The fraction of sp³-hybridized carbons (Fsp3) is 0.824. The topological polar surface area (TPSA) is 78.9 Å². The highest BCUT2D eigenvalue weighted by Crippen LogP contribution is 2.18. The Kier molecular flexibility index (Phi) is 66.1. The van der Waals surface area contributed by atoms with E-state index in [-0.39, 0.29) is 31.1 Å². The van der Waals surface area contributed by atoms with E-state index in [1.54, 1.807) is 0 Å². The summed E-state index contributed by atoms with van der Waals surface area (Å²) in [6.45, 7) is 6.60. The van der Waals surface area contributed by atoms with Crippen molar-refractivity contribution in [1.82, 2.24) is 0 Å². The average Bonchev–Trinajstić information content (AvgIpc) is 3.46. The molecule has 0 bridgehead atoms. The quantitative estimate of drug-likeness (QED) is 0.0261. The number of carbonyl (C=O) groups excluding carboxylic acids is 3. The maximum Gasteiger partial charge on any atom is 0.306 e. The molecule has 0 aliphatic rings. The molecule has 0 saturated heterocycles. The monoisotopic (exact) mass is 1120 g/mol. The maximum absolute atomic E-state index is 12.9. The number of rotatable bonds is 65. The van der Waals surface area contributed by atoms with E-state index >= 15 is 0 Å². The van der Waals surface area contributed by atoms with Gasteiger partial charge >= 0.3 is 17.9 Å². The van der Waals surface area contributed by atoms with Gasteiger partial charge in [0.25, 0.3) is 0 Å². The van der Waals surface area contributed by atoms with Gasteiger partial charge in [-0.3, -0.25) is 14.4 Å². The molecule has 6 heteroatoms. The summed E-state index contributed by atoms with van der Waals surface area (Å²) in [4.78, 5) is 38.3. The minimum absolute atomic E-state index is 0.0751. The summed E-state index contributed by atoms with van der Waals surface area (Å²) in [7, 11) is 0. The average molecular weight is 1120 g/mol. The number of carbonyl (C=O) groups is 3. The van der Waals surface area contributed by atoms with Crippen LogP contribution in [0.4, 0.5) is 0 Å². The molecule has 0 heterocycles. The highest BCUT2D eigenvalue weighted by atomic mass is 16.6. The predicted octanol–water partition coefficient (Wildman–Crippen LogP) is 24.3. The van der Waals surface area contributed by atoms with E-state index in [9.17, 15) is 14.4 Å². The second-order valence-corrected chi connectivity index (χ2v) is 23.8. The fourth-order valence-electron chi connectivity index (χ4n) is 10.4. The van der Waals surface area contributed by atoms with Crippen LogP contribution >= 0.6 is 0 Å². The van der Waals surface area contributed by atoms with E-state index in [0.717, 1.165) is 83.5 Å². The van der Waals surface area contributed by atoms with Crippen LogP contribution in [0.5, 0.6) is 0 Å². The van der Waals surface area contributed by atoms with Crippen LogP contribution in [0.15, 0.2) is 60.8 Å². The van der Waals surface area contributed by atoms with Crippen molar-refractivity contribution in [3.63, 3.8) is 0 Å². The lowest BCUT2D eigenvalue weighted by atomic mass is 10.0. The zero-order valence-electron chi connectivity index (χ0n) is 53.6. The maximum atomic E-state index is 12.9. The van der Waals surface area contributed by atoms with Crippen LogP contribution in [-0.2, 0) is 28.6 Å². The molecule has 466 valence electrons. The molecule has 0 fully saturated rings. The molecule has 1 unspecified atom stereocenters. The zero-order chi connectivity index (χ0) is 57.8. The second kappa shape index (κ2) is 68.6. The van der Waals surface area contributed by atoms with Crippen LogP contribution < -0.4 is 0 Å². The summed E-state index contributed by atoms with van der Waals surface area (Å²) in [6.07, 6.45) is 88.4. The molecule has 0 aromatic heterocycles. The van der Waals surface area contributed by atoms with Gasteiger partial charge in [-0.25, -0.2) is 0 Å². The highest BCUT2D eigenvalue weighted by Gasteiger charge is 2.19. The molecular weight excluding hydrogens is 985 g/mol. The molecule has 0 aromatic rings. The fourth-order valence-corrected chi connectivity index (χ4v) is 10.4. The third-order valence-corrected chi connectivity index (χ3v) is 15.7. The zero-order valence-corrected chi connectivity index (χ0v) is 53.6. The van der Waals surface area contributed by atoms with Gasteiger partial charge in [-0.1, -0.05) is 313 Å². The van der Waals surface area contributed by atoms with Gasteiger partial charge in [-0.15, -0.1) is 0 Å². The van der Waals surface area contributed by atoms with Gasteiger partial charge in [0.05, 0.1) is 0 Å². The van der Waals surface area contributed by atoms with Gasteiger partial charge in [-0.2, -0.15) is 0 Å². The van der Waals surface area contributed by atoms with Gasteiger partial charge in [0.2, 0.25) is 0 Å². The lowest BCUT2D eigenvalue weighted by Gasteiger charge is -2.18. The van der Waals surface area contributed by atoms with Crippen LogP contribution in [0.1, 0.15) is 374 Å². The molecular formula is C74H134O6. The number of esters is 3. The van der Waals surface area contributed by atoms with Crippen molar-refractivity contribution in [3.8, 4) is 0 Å². The molecule has 0 rings (SSSR count). The summed E-state index contributed by atoms with van der Waals surface area (Å²) in [5, 5.41) is 0. The Morgan fingerprint density at radius 1 is 0.250 bits per heavy atom. The number of allylic oxidation sites excluding steroid dienone is 10. The smallest absolute Gasteiger partial charge is 0.306 e. The Morgan fingerprint density at radius 3 is 0.750 bits per heavy atom. The lowest BCUT2D eigenvalue weighted by Crippen LogP contribution is -2.30. The first-order chi connectivity index (χ1) is 39.5. The van der Waals surface area contributed by atoms with E-state index in [1.165, 1.54) is 250 Å². The van der Waals surface area contributed by atoms with Crippen molar-refractivity contribution in [3.05, 3.63) is 60.8 Å². The minimum Gasteiger partial charge on any atom is -0.462 e. The Balaban J connectivity index is 4.12. The predicted molar refractivity (Wildman–Crippen MR) is 348 cm³/mol. The Morgan fingerprint density at radius 2 is 0.475 bits per heavy atom. The van der Waals surface area contributed by atoms with Crippen molar-refractivity contribution in [2.45, 2.75) is 380 Å². The summed E-state index contributed by atoms with van der Waals surface area (Å²) in [5.74, 6) is -0.870. The molecule has 80 heavy (non-hydrogen) atoms. The summed E-state index contributed by atoms with van der Waals surface area (Å²) in [6, 6.07) is 0. The summed E-state index contributed by atoms with van der Waals surface area (Å²) in [5.41, 5.74) is 0. The largest absolute Gasteiger partial charge is 0.462 e. The van der Waals surface area contributed by atoms with E-state index in [4.69, 9.17) is 14.2 Å². The molecule has 0 N–H and O–H groups in total. The van der Waals surface area contributed by atoms with Crippen LogP contribution in [0.25, 0.3) is 0 Å². The van der Waals surface area contributed by atoms with Crippen LogP contribution in [0.3, 0.4) is 0 Å². The molecule has 0 aromatic carbocycles. The first-order valence-corrected chi connectivity index (χ1v) is 35.3. The molecule has 0 aliphatic carbocycles. The van der Waals surface area contributed by atoms with E-state index in [1.807, 2.05) is 0 Å². The van der Waals surface area contributed by atoms with Crippen molar-refractivity contribution < 1.29 is 28.6 Å². The van der Waals surface area contributed by atoms with E-state index < -0.39 is 6.10 Å². The van der Waals surface area contributed by atoms with Gasteiger partial charge in [0.15, 0.2) is 6.10 Å². The third-order valence-electron chi connectivity index (χ3n) is 15.7. The molecule has 0 spiro atoms. The van der Waals surface area contributed by atoms with E-state index in [2.05, 4.69) is 81.5 Å². The number of unbranched alkanes of at least 4 members (excludes halogenated alkanes) is 44. The molecule has 1 atom stereocenters. The molecule has 0 saturated carbocycles. The van der Waals surface area contributed by atoms with Crippen LogP contribution in [-0.4, -0.2) is 37.2 Å². The van der Waals surface area contributed by atoms with Crippen molar-refractivity contribution >= 4 is 17.9 Å². The second-order valence-electron chi connectivity index (χ2n) is 23.8. The van der Waals surface area contributed by atoms with Crippen molar-refractivity contribution in [1.29, 1.82) is 0 Å². The number of ether oxygens (including phenoxy) is 3. The Labute approximate surface area is 498 Å². The first kappa shape index (κ1) is 77.1. The minimum atomic E-state index is -0.779. The molecule has 0 amide bonds.